The smallest absolute Gasteiger partial charge is 0.317 e. The van der Waals surface area contributed by atoms with Crippen molar-refractivity contribution in [3.63, 3.8) is 0 Å². The lowest BCUT2D eigenvalue weighted by molar-refractivity contribution is -0.122. The lowest BCUT2D eigenvalue weighted by atomic mass is 10.0. The zero-order valence-corrected chi connectivity index (χ0v) is 13.6. The number of urea groups is 1. The second-order valence-corrected chi connectivity index (χ2v) is 6.44. The lowest BCUT2D eigenvalue weighted by Crippen LogP contribution is -2.29. The van der Waals surface area contributed by atoms with Crippen molar-refractivity contribution in [1.82, 2.24) is 20.9 Å². The Hall–Kier alpha value is -2.12. The highest BCUT2D eigenvalue weighted by molar-refractivity contribution is 5.76. The van der Waals surface area contributed by atoms with Crippen LogP contribution >= 0.6 is 0 Å². The van der Waals surface area contributed by atoms with Gasteiger partial charge in [0.2, 0.25) is 5.91 Å². The minimum atomic E-state index is -0.433. The SMILES string of the molecule is O=C(C[C@@H]1CNC[C@H]1O)NCc1ccc(CN2CCNC2=O)cc1. The van der Waals surface area contributed by atoms with E-state index in [0.29, 0.717) is 39.1 Å². The van der Waals surface area contributed by atoms with Gasteiger partial charge in [-0.05, 0) is 11.1 Å². The Morgan fingerprint density at radius 3 is 2.62 bits per heavy atom. The van der Waals surface area contributed by atoms with Gasteiger partial charge in [0.1, 0.15) is 0 Å². The van der Waals surface area contributed by atoms with E-state index >= 15 is 0 Å². The number of hydrogen-bond donors (Lipinski definition) is 4. The van der Waals surface area contributed by atoms with E-state index in [9.17, 15) is 14.7 Å². The van der Waals surface area contributed by atoms with Crippen LogP contribution in [0.15, 0.2) is 24.3 Å². The number of nitrogens with one attached hydrogen (secondary N) is 3. The Balaban J connectivity index is 1.44. The molecule has 2 aliphatic rings. The molecule has 0 unspecified atom stereocenters. The molecule has 130 valence electrons. The van der Waals surface area contributed by atoms with Crippen LogP contribution < -0.4 is 16.0 Å². The number of nitrogens with zero attached hydrogens (tertiary/aromatic N) is 1. The summed E-state index contributed by atoms with van der Waals surface area (Å²) >= 11 is 0. The van der Waals surface area contributed by atoms with Crippen LogP contribution in [0.3, 0.4) is 0 Å². The highest BCUT2D eigenvalue weighted by atomic mass is 16.3. The highest BCUT2D eigenvalue weighted by Crippen LogP contribution is 2.13. The zero-order valence-electron chi connectivity index (χ0n) is 13.6. The maximum Gasteiger partial charge on any atom is 0.317 e. The monoisotopic (exact) mass is 332 g/mol. The van der Waals surface area contributed by atoms with Crippen molar-refractivity contribution in [2.75, 3.05) is 26.2 Å². The quantitative estimate of drug-likeness (QED) is 0.580. The summed E-state index contributed by atoms with van der Waals surface area (Å²) in [5.74, 6) is -0.0421. The number of hydrogen-bond acceptors (Lipinski definition) is 4. The van der Waals surface area contributed by atoms with Gasteiger partial charge in [0.05, 0.1) is 6.10 Å². The van der Waals surface area contributed by atoms with Gasteiger partial charge >= 0.3 is 6.03 Å². The molecule has 24 heavy (non-hydrogen) atoms. The molecule has 0 aromatic heterocycles. The first-order chi connectivity index (χ1) is 11.6. The van der Waals surface area contributed by atoms with Gasteiger partial charge in [-0.1, -0.05) is 24.3 Å². The fraction of sp³-hybridized carbons (Fsp3) is 0.529. The highest BCUT2D eigenvalue weighted by Gasteiger charge is 2.26. The first-order valence-electron chi connectivity index (χ1n) is 8.38. The summed E-state index contributed by atoms with van der Waals surface area (Å²) in [7, 11) is 0. The first-order valence-corrected chi connectivity index (χ1v) is 8.38. The maximum absolute atomic E-state index is 11.9. The molecule has 3 amide bonds. The van der Waals surface area contributed by atoms with Gasteiger partial charge in [0.25, 0.3) is 0 Å². The van der Waals surface area contributed by atoms with E-state index in [1.807, 2.05) is 24.3 Å². The Morgan fingerprint density at radius 1 is 1.25 bits per heavy atom. The normalized spacial score (nSPS) is 23.4. The number of benzene rings is 1. The Morgan fingerprint density at radius 2 is 2.00 bits per heavy atom. The fourth-order valence-electron chi connectivity index (χ4n) is 3.08. The van der Waals surface area contributed by atoms with E-state index in [1.54, 1.807) is 4.90 Å². The Bertz CT molecular complexity index is 590. The predicted octanol–water partition coefficient (Wildman–Crippen LogP) is -0.202. The van der Waals surface area contributed by atoms with Gasteiger partial charge in [-0.3, -0.25) is 4.79 Å². The molecule has 2 atom stereocenters. The maximum atomic E-state index is 11.9. The van der Waals surface area contributed by atoms with Crippen LogP contribution in [0.25, 0.3) is 0 Å². The van der Waals surface area contributed by atoms with Crippen LogP contribution in [0.2, 0.25) is 0 Å². The molecule has 2 fully saturated rings. The summed E-state index contributed by atoms with van der Waals surface area (Å²) in [5.41, 5.74) is 2.09. The van der Waals surface area contributed by atoms with Gasteiger partial charge < -0.3 is 26.0 Å². The van der Waals surface area contributed by atoms with Crippen LogP contribution in [0.5, 0.6) is 0 Å². The minimum Gasteiger partial charge on any atom is -0.391 e. The van der Waals surface area contributed by atoms with Gasteiger partial charge in [0, 0.05) is 51.6 Å². The van der Waals surface area contributed by atoms with Crippen molar-refractivity contribution in [2.24, 2.45) is 5.92 Å². The van der Waals surface area contributed by atoms with Crippen LogP contribution in [-0.4, -0.2) is 54.2 Å². The summed E-state index contributed by atoms with van der Waals surface area (Å²) in [6.45, 7) is 3.76. The predicted molar refractivity (Wildman–Crippen MR) is 89.1 cm³/mol. The molecule has 0 aliphatic carbocycles. The molecule has 1 aromatic carbocycles. The van der Waals surface area contributed by atoms with Crippen molar-refractivity contribution in [1.29, 1.82) is 0 Å². The van der Waals surface area contributed by atoms with E-state index in [4.69, 9.17) is 0 Å². The lowest BCUT2D eigenvalue weighted by Gasteiger charge is -2.15. The zero-order chi connectivity index (χ0) is 16.9. The van der Waals surface area contributed by atoms with Crippen LogP contribution in [0.4, 0.5) is 4.79 Å². The van der Waals surface area contributed by atoms with Crippen molar-refractivity contribution in [3.05, 3.63) is 35.4 Å². The molecule has 7 heteroatoms. The summed E-state index contributed by atoms with van der Waals surface area (Å²) in [4.78, 5) is 25.3. The number of aliphatic hydroxyl groups excluding tert-OH is 1. The van der Waals surface area contributed by atoms with E-state index in [-0.39, 0.29) is 17.9 Å². The van der Waals surface area contributed by atoms with E-state index in [1.165, 1.54) is 0 Å². The summed E-state index contributed by atoms with van der Waals surface area (Å²) in [5, 5.41) is 18.5. The van der Waals surface area contributed by atoms with Gasteiger partial charge in [-0.25, -0.2) is 4.79 Å². The van der Waals surface area contributed by atoms with Crippen molar-refractivity contribution in [2.45, 2.75) is 25.6 Å². The largest absolute Gasteiger partial charge is 0.391 e. The molecule has 7 nitrogen and oxygen atoms in total. The summed E-state index contributed by atoms with van der Waals surface area (Å²) in [6, 6.07) is 7.88. The number of carbonyl (C=O) groups is 2. The van der Waals surface area contributed by atoms with E-state index in [0.717, 1.165) is 17.7 Å². The average Bonchev–Trinajstić information content (AvgIpc) is 3.16. The number of carbonyl (C=O) groups excluding carboxylic acids is 2. The molecule has 2 aliphatic heterocycles. The van der Waals surface area contributed by atoms with Crippen LogP contribution in [-0.2, 0) is 17.9 Å². The Labute approximate surface area is 141 Å². The molecule has 3 rings (SSSR count). The number of amides is 3. The molecule has 1 aromatic rings. The molecule has 2 heterocycles. The summed E-state index contributed by atoms with van der Waals surface area (Å²) in [6.07, 6.45) is -0.0890. The van der Waals surface area contributed by atoms with Crippen molar-refractivity contribution in [3.8, 4) is 0 Å². The van der Waals surface area contributed by atoms with Gasteiger partial charge in [0.15, 0.2) is 0 Å². The third-order valence-electron chi connectivity index (χ3n) is 4.58. The molecule has 2 saturated heterocycles. The minimum absolute atomic E-state index is 0.000941. The average molecular weight is 332 g/mol. The van der Waals surface area contributed by atoms with Crippen molar-refractivity contribution < 1.29 is 14.7 Å². The molecular formula is C17H24N4O3. The standard InChI is InChI=1S/C17H24N4O3/c22-15-10-18-9-14(15)7-16(23)20-8-12-1-3-13(4-2-12)11-21-6-5-19-17(21)24/h1-4,14-15,18,22H,5-11H2,(H,19,24)(H,20,23)/t14-,15-/m1/s1. The third-order valence-corrected chi connectivity index (χ3v) is 4.58. The van der Waals surface area contributed by atoms with Crippen LogP contribution in [0, 0.1) is 5.92 Å². The van der Waals surface area contributed by atoms with Crippen LogP contribution in [0.1, 0.15) is 17.5 Å². The molecule has 4 N–H and O–H groups in total. The molecule has 0 radical (unpaired) electrons. The fourth-order valence-corrected chi connectivity index (χ4v) is 3.08. The molecular weight excluding hydrogens is 308 g/mol. The third kappa shape index (κ3) is 4.24. The Kier molecular flexibility index (Phi) is 5.32. The van der Waals surface area contributed by atoms with Gasteiger partial charge in [-0.15, -0.1) is 0 Å². The second kappa shape index (κ2) is 7.63. The molecule has 0 bridgehead atoms. The second-order valence-electron chi connectivity index (χ2n) is 6.44. The van der Waals surface area contributed by atoms with E-state index in [2.05, 4.69) is 16.0 Å². The van der Waals surface area contributed by atoms with Crippen molar-refractivity contribution >= 4 is 11.9 Å². The van der Waals surface area contributed by atoms with Gasteiger partial charge in [-0.2, -0.15) is 0 Å². The molecule has 0 saturated carbocycles. The first kappa shape index (κ1) is 16.7. The van der Waals surface area contributed by atoms with E-state index < -0.39 is 6.10 Å². The molecule has 0 spiro atoms. The summed E-state index contributed by atoms with van der Waals surface area (Å²) < 4.78 is 0. The number of aliphatic hydroxyl groups is 1. The topological polar surface area (TPSA) is 93.7 Å². The number of rotatable bonds is 6. The number of β-amino-alcohol motifs (C(OH)–C–C–N with tert-alkyl or cyclic N) is 1.